The van der Waals surface area contributed by atoms with Gasteiger partial charge in [-0.25, -0.2) is 0 Å². The fourth-order valence-corrected chi connectivity index (χ4v) is 0.984. The number of hydrogen-bond acceptors (Lipinski definition) is 2. The Kier molecular flexibility index (Phi) is 6.28. The lowest BCUT2D eigenvalue weighted by Gasteiger charge is -2.15. The van der Waals surface area contributed by atoms with E-state index in [9.17, 15) is 9.59 Å². The van der Waals surface area contributed by atoms with E-state index in [1.807, 2.05) is 13.8 Å². The SMILES string of the molecule is CC(C)CNC(=O)CN(C)C(=O)CCl. The van der Waals surface area contributed by atoms with E-state index >= 15 is 0 Å². The summed E-state index contributed by atoms with van der Waals surface area (Å²) in [7, 11) is 1.56. The summed E-state index contributed by atoms with van der Waals surface area (Å²) in [5, 5.41) is 2.72. The average Bonchev–Trinajstić information content (AvgIpc) is 2.13. The van der Waals surface area contributed by atoms with Crippen LogP contribution in [-0.4, -0.2) is 42.7 Å². The van der Waals surface area contributed by atoms with Crippen molar-refractivity contribution in [3.63, 3.8) is 0 Å². The molecule has 0 aliphatic rings. The number of rotatable bonds is 5. The first-order valence-corrected chi connectivity index (χ1v) is 5.07. The third-order valence-electron chi connectivity index (χ3n) is 1.63. The predicted molar refractivity (Wildman–Crippen MR) is 56.2 cm³/mol. The summed E-state index contributed by atoms with van der Waals surface area (Å²) in [6, 6.07) is 0. The van der Waals surface area contributed by atoms with Gasteiger partial charge in [0.25, 0.3) is 0 Å². The number of likely N-dealkylation sites (N-methyl/N-ethyl adjacent to an activating group) is 1. The van der Waals surface area contributed by atoms with Gasteiger partial charge in [0.15, 0.2) is 0 Å². The molecule has 0 aliphatic heterocycles. The van der Waals surface area contributed by atoms with Crippen LogP contribution in [-0.2, 0) is 9.59 Å². The molecule has 0 aromatic rings. The van der Waals surface area contributed by atoms with Crippen molar-refractivity contribution < 1.29 is 9.59 Å². The van der Waals surface area contributed by atoms with E-state index < -0.39 is 0 Å². The Morgan fingerprint density at radius 2 is 2.00 bits per heavy atom. The molecule has 0 aliphatic carbocycles. The van der Waals surface area contributed by atoms with Crippen molar-refractivity contribution in [3.05, 3.63) is 0 Å². The molecule has 0 spiro atoms. The minimum absolute atomic E-state index is 0.0677. The molecule has 0 saturated heterocycles. The quantitative estimate of drug-likeness (QED) is 0.685. The topological polar surface area (TPSA) is 49.4 Å². The van der Waals surface area contributed by atoms with Gasteiger partial charge in [-0.2, -0.15) is 0 Å². The molecule has 0 saturated carbocycles. The number of carbonyl (C=O) groups is 2. The van der Waals surface area contributed by atoms with Crippen LogP contribution in [0.2, 0.25) is 0 Å². The number of halogens is 1. The van der Waals surface area contributed by atoms with E-state index in [1.54, 1.807) is 7.05 Å². The summed E-state index contributed by atoms with van der Waals surface area (Å²) in [6.07, 6.45) is 0. The van der Waals surface area contributed by atoms with Gasteiger partial charge in [0.1, 0.15) is 5.88 Å². The minimum atomic E-state index is -0.244. The summed E-state index contributed by atoms with van der Waals surface area (Å²) in [5.74, 6) is -0.0763. The van der Waals surface area contributed by atoms with Crippen LogP contribution in [0.1, 0.15) is 13.8 Å². The van der Waals surface area contributed by atoms with Crippen LogP contribution >= 0.6 is 11.6 Å². The van der Waals surface area contributed by atoms with Crippen molar-refractivity contribution in [2.24, 2.45) is 5.92 Å². The third kappa shape index (κ3) is 5.80. The van der Waals surface area contributed by atoms with E-state index in [0.29, 0.717) is 12.5 Å². The second-order valence-electron chi connectivity index (χ2n) is 3.58. The Hall–Kier alpha value is -0.770. The number of nitrogens with one attached hydrogen (secondary N) is 1. The van der Waals surface area contributed by atoms with Crippen LogP contribution in [0.3, 0.4) is 0 Å². The number of carbonyl (C=O) groups excluding carboxylic acids is 2. The van der Waals surface area contributed by atoms with Crippen LogP contribution in [0.4, 0.5) is 0 Å². The van der Waals surface area contributed by atoms with Crippen molar-refractivity contribution in [2.45, 2.75) is 13.8 Å². The molecule has 0 aromatic heterocycles. The minimum Gasteiger partial charge on any atom is -0.354 e. The van der Waals surface area contributed by atoms with Crippen molar-refractivity contribution in [1.29, 1.82) is 0 Å². The maximum Gasteiger partial charge on any atom is 0.239 e. The zero-order chi connectivity index (χ0) is 11.1. The molecule has 5 heteroatoms. The molecule has 14 heavy (non-hydrogen) atoms. The molecule has 1 N–H and O–H groups in total. The second-order valence-corrected chi connectivity index (χ2v) is 3.85. The summed E-state index contributed by atoms with van der Waals surface area (Å²) in [5.41, 5.74) is 0. The van der Waals surface area contributed by atoms with E-state index in [0.717, 1.165) is 0 Å². The maximum absolute atomic E-state index is 11.2. The standard InChI is InChI=1S/C9H17ClN2O2/c1-7(2)5-11-8(13)6-12(3)9(14)4-10/h7H,4-6H2,1-3H3,(H,11,13). The molecule has 0 bridgehead atoms. The molecule has 0 aromatic carbocycles. The average molecular weight is 221 g/mol. The Morgan fingerprint density at radius 3 is 2.43 bits per heavy atom. The van der Waals surface area contributed by atoms with E-state index in [2.05, 4.69) is 5.32 Å². The highest BCUT2D eigenvalue weighted by Crippen LogP contribution is 1.90. The lowest BCUT2D eigenvalue weighted by molar-refractivity contribution is -0.132. The zero-order valence-corrected chi connectivity index (χ0v) is 9.60. The first kappa shape index (κ1) is 13.2. The molecule has 0 unspecified atom stereocenters. The fraction of sp³-hybridized carbons (Fsp3) is 0.778. The van der Waals surface area contributed by atoms with E-state index in [4.69, 9.17) is 11.6 Å². The van der Waals surface area contributed by atoms with Crippen molar-refractivity contribution in [3.8, 4) is 0 Å². The normalized spacial score (nSPS) is 10.1. The van der Waals surface area contributed by atoms with Crippen molar-refractivity contribution in [1.82, 2.24) is 10.2 Å². The van der Waals surface area contributed by atoms with Crippen LogP contribution < -0.4 is 5.32 Å². The van der Waals surface area contributed by atoms with Gasteiger partial charge in [-0.1, -0.05) is 13.8 Å². The molecule has 0 fully saturated rings. The highest BCUT2D eigenvalue weighted by atomic mass is 35.5. The van der Waals surface area contributed by atoms with Gasteiger partial charge in [0.2, 0.25) is 11.8 Å². The van der Waals surface area contributed by atoms with Gasteiger partial charge < -0.3 is 10.2 Å². The van der Waals surface area contributed by atoms with Gasteiger partial charge in [-0.3, -0.25) is 9.59 Å². The highest BCUT2D eigenvalue weighted by Gasteiger charge is 2.11. The van der Waals surface area contributed by atoms with Gasteiger partial charge >= 0.3 is 0 Å². The largest absolute Gasteiger partial charge is 0.354 e. The summed E-state index contributed by atoms with van der Waals surface area (Å²) >= 11 is 5.33. The molecular formula is C9H17ClN2O2. The van der Waals surface area contributed by atoms with Crippen LogP contribution in [0.25, 0.3) is 0 Å². The highest BCUT2D eigenvalue weighted by molar-refractivity contribution is 6.27. The van der Waals surface area contributed by atoms with Crippen LogP contribution in [0.15, 0.2) is 0 Å². The monoisotopic (exact) mass is 220 g/mol. The van der Waals surface area contributed by atoms with Crippen LogP contribution in [0.5, 0.6) is 0 Å². The Balaban J connectivity index is 3.77. The Labute approximate surface area is 89.6 Å². The molecule has 82 valence electrons. The maximum atomic E-state index is 11.2. The van der Waals surface area contributed by atoms with Gasteiger partial charge in [0.05, 0.1) is 6.54 Å². The van der Waals surface area contributed by atoms with E-state index in [-0.39, 0.29) is 24.2 Å². The third-order valence-corrected chi connectivity index (χ3v) is 1.86. The van der Waals surface area contributed by atoms with Crippen LogP contribution in [0, 0.1) is 5.92 Å². The molecule has 0 atom stereocenters. The van der Waals surface area contributed by atoms with Gasteiger partial charge in [0, 0.05) is 13.6 Å². The first-order valence-electron chi connectivity index (χ1n) is 4.54. The first-order chi connectivity index (χ1) is 6.47. The number of hydrogen-bond donors (Lipinski definition) is 1. The molecular weight excluding hydrogens is 204 g/mol. The molecule has 0 rings (SSSR count). The Morgan fingerprint density at radius 1 is 1.43 bits per heavy atom. The van der Waals surface area contributed by atoms with Crippen molar-refractivity contribution in [2.75, 3.05) is 26.0 Å². The summed E-state index contributed by atoms with van der Waals surface area (Å²) < 4.78 is 0. The van der Waals surface area contributed by atoms with Crippen molar-refractivity contribution >= 4 is 23.4 Å². The van der Waals surface area contributed by atoms with Gasteiger partial charge in [-0.15, -0.1) is 11.6 Å². The molecule has 2 amide bonds. The lowest BCUT2D eigenvalue weighted by Crippen LogP contribution is -2.39. The Bertz CT molecular complexity index is 207. The predicted octanol–water partition coefficient (Wildman–Crippen LogP) is 0.456. The zero-order valence-electron chi connectivity index (χ0n) is 8.84. The van der Waals surface area contributed by atoms with Gasteiger partial charge in [-0.05, 0) is 5.92 Å². The van der Waals surface area contributed by atoms with E-state index in [1.165, 1.54) is 4.90 Å². The smallest absolute Gasteiger partial charge is 0.239 e. The lowest BCUT2D eigenvalue weighted by atomic mass is 10.2. The summed E-state index contributed by atoms with van der Waals surface area (Å²) in [4.78, 5) is 23.5. The molecule has 0 radical (unpaired) electrons. The summed E-state index contributed by atoms with van der Waals surface area (Å²) in [6.45, 7) is 4.71. The number of amides is 2. The molecule has 0 heterocycles. The second kappa shape index (κ2) is 6.65. The fourth-order valence-electron chi connectivity index (χ4n) is 0.779. The number of alkyl halides is 1. The number of nitrogens with zero attached hydrogens (tertiary/aromatic N) is 1. The molecule has 4 nitrogen and oxygen atoms in total.